The van der Waals surface area contributed by atoms with Crippen LogP contribution in [-0.2, 0) is 17.9 Å². The number of carbonyl (C=O) groups excluding carboxylic acids is 2. The number of rotatable bonds is 9. The SMILES string of the molecule is CCn1c(CNC(=O)c2ccc(OC)cc2)nnc1SCC(=O)Nc1c(Cl)cc(Cl)cc1Cl. The van der Waals surface area contributed by atoms with E-state index < -0.39 is 0 Å². The summed E-state index contributed by atoms with van der Waals surface area (Å²) in [5, 5.41) is 15.2. The average molecular weight is 529 g/mol. The maximum atomic E-state index is 12.4. The Labute approximate surface area is 209 Å². The number of carbonyl (C=O) groups is 2. The van der Waals surface area contributed by atoms with Crippen LogP contribution in [0.1, 0.15) is 23.1 Å². The van der Waals surface area contributed by atoms with Crippen molar-refractivity contribution in [2.75, 3.05) is 18.2 Å². The van der Waals surface area contributed by atoms with Gasteiger partial charge in [-0.05, 0) is 43.3 Å². The van der Waals surface area contributed by atoms with Crippen molar-refractivity contribution in [2.24, 2.45) is 0 Å². The van der Waals surface area contributed by atoms with Gasteiger partial charge in [0.05, 0.1) is 35.1 Å². The molecule has 0 aliphatic rings. The van der Waals surface area contributed by atoms with E-state index in [0.29, 0.717) is 39.5 Å². The van der Waals surface area contributed by atoms with Crippen LogP contribution in [0.25, 0.3) is 0 Å². The van der Waals surface area contributed by atoms with Crippen LogP contribution in [0.5, 0.6) is 5.75 Å². The molecule has 2 N–H and O–H groups in total. The van der Waals surface area contributed by atoms with Gasteiger partial charge in [0, 0.05) is 17.1 Å². The normalized spacial score (nSPS) is 10.7. The fourth-order valence-corrected chi connectivity index (χ4v) is 4.58. The lowest BCUT2D eigenvalue weighted by Gasteiger charge is -2.10. The number of amides is 2. The predicted molar refractivity (Wildman–Crippen MR) is 131 cm³/mol. The van der Waals surface area contributed by atoms with Crippen LogP contribution in [0.2, 0.25) is 15.1 Å². The molecular formula is C21H20Cl3N5O3S. The first kappa shape index (κ1) is 25.2. The lowest BCUT2D eigenvalue weighted by molar-refractivity contribution is -0.113. The Morgan fingerprint density at radius 1 is 1.09 bits per heavy atom. The fourth-order valence-electron chi connectivity index (χ4n) is 2.85. The van der Waals surface area contributed by atoms with Crippen LogP contribution < -0.4 is 15.4 Å². The van der Waals surface area contributed by atoms with Gasteiger partial charge in [-0.15, -0.1) is 10.2 Å². The highest BCUT2D eigenvalue weighted by atomic mass is 35.5. The standard InChI is InChI=1S/C21H20Cl3N5O3S/c1-3-29-17(10-25-20(31)12-4-6-14(32-2)7-5-12)27-28-21(29)33-11-18(30)26-19-15(23)8-13(22)9-16(19)24/h4-9H,3,10-11H2,1-2H3,(H,25,31)(H,26,30). The van der Waals surface area contributed by atoms with E-state index in [4.69, 9.17) is 39.5 Å². The monoisotopic (exact) mass is 527 g/mol. The average Bonchev–Trinajstić information content (AvgIpc) is 3.20. The predicted octanol–water partition coefficient (Wildman–Crippen LogP) is 4.93. The smallest absolute Gasteiger partial charge is 0.251 e. The van der Waals surface area contributed by atoms with Gasteiger partial charge < -0.3 is 19.9 Å². The second-order valence-electron chi connectivity index (χ2n) is 6.64. The van der Waals surface area contributed by atoms with Gasteiger partial charge in [-0.25, -0.2) is 0 Å². The maximum Gasteiger partial charge on any atom is 0.251 e. The van der Waals surface area contributed by atoms with Crippen molar-refractivity contribution < 1.29 is 14.3 Å². The Morgan fingerprint density at radius 2 is 1.76 bits per heavy atom. The summed E-state index contributed by atoms with van der Waals surface area (Å²) >= 11 is 19.3. The summed E-state index contributed by atoms with van der Waals surface area (Å²) in [7, 11) is 1.56. The van der Waals surface area contributed by atoms with E-state index in [2.05, 4.69) is 20.8 Å². The van der Waals surface area contributed by atoms with Crippen molar-refractivity contribution in [2.45, 2.75) is 25.2 Å². The molecule has 1 heterocycles. The van der Waals surface area contributed by atoms with E-state index in [1.165, 1.54) is 23.9 Å². The van der Waals surface area contributed by atoms with Crippen molar-refractivity contribution in [3.8, 4) is 5.75 Å². The van der Waals surface area contributed by atoms with Crippen LogP contribution in [0.3, 0.4) is 0 Å². The number of thioether (sulfide) groups is 1. The molecule has 0 fully saturated rings. The summed E-state index contributed by atoms with van der Waals surface area (Å²) < 4.78 is 6.93. The second kappa shape index (κ2) is 11.6. The minimum absolute atomic E-state index is 0.0611. The van der Waals surface area contributed by atoms with E-state index in [9.17, 15) is 9.59 Å². The summed E-state index contributed by atoms with van der Waals surface area (Å²) in [6.45, 7) is 2.68. The number of aromatic nitrogens is 3. The largest absolute Gasteiger partial charge is 0.497 e. The van der Waals surface area contributed by atoms with E-state index >= 15 is 0 Å². The van der Waals surface area contributed by atoms with Crippen LogP contribution in [0.15, 0.2) is 41.6 Å². The topological polar surface area (TPSA) is 98.1 Å². The van der Waals surface area contributed by atoms with Crippen LogP contribution in [-0.4, -0.2) is 39.4 Å². The van der Waals surface area contributed by atoms with E-state index in [1.54, 1.807) is 31.4 Å². The Balaban J connectivity index is 1.58. The van der Waals surface area contributed by atoms with Gasteiger partial charge in [0.25, 0.3) is 5.91 Å². The van der Waals surface area contributed by atoms with Crippen LogP contribution in [0.4, 0.5) is 5.69 Å². The van der Waals surface area contributed by atoms with Crippen LogP contribution >= 0.6 is 46.6 Å². The molecule has 0 unspecified atom stereocenters. The highest BCUT2D eigenvalue weighted by Gasteiger charge is 2.16. The Morgan fingerprint density at radius 3 is 2.36 bits per heavy atom. The first-order valence-electron chi connectivity index (χ1n) is 9.73. The van der Waals surface area contributed by atoms with Gasteiger partial charge in [-0.3, -0.25) is 9.59 Å². The Kier molecular flexibility index (Phi) is 8.85. The number of hydrogen-bond acceptors (Lipinski definition) is 6. The maximum absolute atomic E-state index is 12.4. The zero-order valence-electron chi connectivity index (χ0n) is 17.7. The number of methoxy groups -OCH3 is 1. The molecule has 0 spiro atoms. The quantitative estimate of drug-likeness (QED) is 0.382. The molecule has 12 heteroatoms. The lowest BCUT2D eigenvalue weighted by Crippen LogP contribution is -2.24. The molecule has 1 aromatic heterocycles. The molecule has 0 atom stereocenters. The summed E-state index contributed by atoms with van der Waals surface area (Å²) in [4.78, 5) is 24.8. The number of halogens is 3. The van der Waals surface area contributed by atoms with Gasteiger partial charge >= 0.3 is 0 Å². The molecule has 3 rings (SSSR count). The molecule has 0 saturated heterocycles. The summed E-state index contributed by atoms with van der Waals surface area (Å²) in [6.07, 6.45) is 0. The molecule has 0 radical (unpaired) electrons. The number of nitrogens with one attached hydrogen (secondary N) is 2. The molecule has 8 nitrogen and oxygen atoms in total. The molecule has 0 aliphatic heterocycles. The molecule has 174 valence electrons. The van der Waals surface area contributed by atoms with Crippen molar-refractivity contribution in [1.82, 2.24) is 20.1 Å². The second-order valence-corrected chi connectivity index (χ2v) is 8.83. The summed E-state index contributed by atoms with van der Waals surface area (Å²) in [5.74, 6) is 0.750. The van der Waals surface area contributed by atoms with E-state index in [-0.39, 0.29) is 34.2 Å². The third-order valence-corrected chi connectivity index (χ3v) is 6.25. The lowest BCUT2D eigenvalue weighted by atomic mass is 10.2. The number of anilines is 1. The van der Waals surface area contributed by atoms with Crippen molar-refractivity contribution in [1.29, 1.82) is 0 Å². The highest BCUT2D eigenvalue weighted by molar-refractivity contribution is 7.99. The van der Waals surface area contributed by atoms with Crippen LogP contribution in [0, 0.1) is 0 Å². The van der Waals surface area contributed by atoms with Gasteiger partial charge in [-0.1, -0.05) is 46.6 Å². The first-order valence-corrected chi connectivity index (χ1v) is 11.9. The minimum Gasteiger partial charge on any atom is -0.497 e. The number of hydrogen-bond donors (Lipinski definition) is 2. The fraction of sp³-hybridized carbons (Fsp3) is 0.238. The molecule has 2 amide bonds. The minimum atomic E-state index is -0.314. The Hall–Kier alpha value is -2.46. The van der Waals surface area contributed by atoms with E-state index in [0.717, 1.165) is 0 Å². The molecular weight excluding hydrogens is 509 g/mol. The summed E-state index contributed by atoms with van der Waals surface area (Å²) in [5.41, 5.74) is 0.802. The highest BCUT2D eigenvalue weighted by Crippen LogP contribution is 2.33. The number of benzene rings is 2. The molecule has 0 saturated carbocycles. The van der Waals surface area contributed by atoms with Crippen molar-refractivity contribution in [3.63, 3.8) is 0 Å². The molecule has 3 aromatic rings. The molecule has 0 aliphatic carbocycles. The number of ether oxygens (including phenoxy) is 1. The molecule has 33 heavy (non-hydrogen) atoms. The zero-order chi connectivity index (χ0) is 24.0. The Bertz CT molecular complexity index is 1130. The molecule has 0 bridgehead atoms. The summed E-state index contributed by atoms with van der Waals surface area (Å²) in [6, 6.07) is 9.78. The third kappa shape index (κ3) is 6.54. The molecule has 2 aromatic carbocycles. The van der Waals surface area contributed by atoms with Crippen molar-refractivity contribution in [3.05, 3.63) is 62.9 Å². The number of nitrogens with zero attached hydrogens (tertiary/aromatic N) is 3. The van der Waals surface area contributed by atoms with Gasteiger partial charge in [0.15, 0.2) is 11.0 Å². The van der Waals surface area contributed by atoms with Gasteiger partial charge in [-0.2, -0.15) is 0 Å². The van der Waals surface area contributed by atoms with Gasteiger partial charge in [0.2, 0.25) is 5.91 Å². The van der Waals surface area contributed by atoms with Crippen molar-refractivity contribution >= 4 is 64.1 Å². The zero-order valence-corrected chi connectivity index (χ0v) is 20.8. The van der Waals surface area contributed by atoms with E-state index in [1.807, 2.05) is 11.5 Å². The van der Waals surface area contributed by atoms with Gasteiger partial charge in [0.1, 0.15) is 5.75 Å². The first-order chi connectivity index (χ1) is 15.8. The third-order valence-electron chi connectivity index (χ3n) is 4.47.